The average Bonchev–Trinajstić information content (AvgIpc) is 2.66. The third-order valence-corrected chi connectivity index (χ3v) is 3.84. The van der Waals surface area contributed by atoms with E-state index in [1.165, 1.54) is 0 Å². The van der Waals surface area contributed by atoms with Gasteiger partial charge in [-0.1, -0.05) is 6.08 Å². The summed E-state index contributed by atoms with van der Waals surface area (Å²) in [6, 6.07) is 0. The zero-order valence-corrected chi connectivity index (χ0v) is 11.3. The molecule has 0 aliphatic carbocycles. The Hall–Kier alpha value is -0.410. The summed E-state index contributed by atoms with van der Waals surface area (Å²) in [5.74, 6) is 0. The van der Waals surface area contributed by atoms with Crippen molar-refractivity contribution in [1.29, 1.82) is 0 Å². The molecule has 0 amide bonds. The first-order chi connectivity index (χ1) is 7.54. The number of hydrogen-bond donors (Lipinski definition) is 0. The van der Waals surface area contributed by atoms with Gasteiger partial charge in [-0.05, 0) is 52.3 Å². The van der Waals surface area contributed by atoms with E-state index >= 15 is 0 Å². The second-order valence-corrected chi connectivity index (χ2v) is 5.01. The molecule has 92 valence electrons. The molecular formula is C13H22O2S. The number of thiocarbonyl (C=S) groups is 1. The minimum Gasteiger partial charge on any atom is -0.487 e. The van der Waals surface area contributed by atoms with E-state index in [1.54, 1.807) is 0 Å². The van der Waals surface area contributed by atoms with Crippen molar-refractivity contribution in [2.75, 3.05) is 6.61 Å². The maximum atomic E-state index is 5.93. The highest BCUT2D eigenvalue weighted by Gasteiger charge is 2.42. The summed E-state index contributed by atoms with van der Waals surface area (Å²) >= 11 is 5.38. The molecule has 0 spiro atoms. The van der Waals surface area contributed by atoms with Crippen LogP contribution in [0.2, 0.25) is 0 Å². The van der Waals surface area contributed by atoms with Crippen molar-refractivity contribution in [2.45, 2.75) is 52.2 Å². The van der Waals surface area contributed by atoms with E-state index in [9.17, 15) is 0 Å². The quantitative estimate of drug-likeness (QED) is 0.543. The molecule has 1 saturated heterocycles. The van der Waals surface area contributed by atoms with Crippen LogP contribution in [0, 0.1) is 5.41 Å². The number of rotatable bonds is 5. The molecule has 0 aromatic rings. The molecule has 2 nitrogen and oxygen atoms in total. The molecule has 3 unspecified atom stereocenters. The highest BCUT2D eigenvalue weighted by atomic mass is 32.1. The lowest BCUT2D eigenvalue weighted by Gasteiger charge is -2.34. The van der Waals surface area contributed by atoms with Crippen LogP contribution in [-0.4, -0.2) is 23.9 Å². The van der Waals surface area contributed by atoms with Crippen LogP contribution in [-0.2, 0) is 9.47 Å². The van der Waals surface area contributed by atoms with Crippen molar-refractivity contribution in [3.63, 3.8) is 0 Å². The van der Waals surface area contributed by atoms with Gasteiger partial charge < -0.3 is 9.47 Å². The van der Waals surface area contributed by atoms with Crippen LogP contribution >= 0.6 is 12.2 Å². The van der Waals surface area contributed by atoms with Gasteiger partial charge in [0.15, 0.2) is 5.05 Å². The molecule has 16 heavy (non-hydrogen) atoms. The van der Waals surface area contributed by atoms with Crippen molar-refractivity contribution in [2.24, 2.45) is 5.41 Å². The van der Waals surface area contributed by atoms with Crippen LogP contribution in [0.4, 0.5) is 0 Å². The molecule has 0 saturated carbocycles. The van der Waals surface area contributed by atoms with Crippen LogP contribution in [0.15, 0.2) is 12.7 Å². The molecule has 0 radical (unpaired) electrons. The normalized spacial score (nSPS) is 28.4. The molecule has 0 N–H and O–H groups in total. The van der Waals surface area contributed by atoms with Gasteiger partial charge in [-0.2, -0.15) is 0 Å². The molecule has 0 aromatic carbocycles. The second-order valence-electron chi connectivity index (χ2n) is 4.64. The molecule has 0 aromatic heterocycles. The van der Waals surface area contributed by atoms with Gasteiger partial charge in [-0.25, -0.2) is 0 Å². The number of ether oxygens (including phenoxy) is 2. The van der Waals surface area contributed by atoms with Crippen molar-refractivity contribution in [1.82, 2.24) is 0 Å². The smallest absolute Gasteiger partial charge is 0.168 e. The van der Waals surface area contributed by atoms with E-state index in [0.717, 1.165) is 19.3 Å². The van der Waals surface area contributed by atoms with Gasteiger partial charge in [0, 0.05) is 0 Å². The average molecular weight is 242 g/mol. The van der Waals surface area contributed by atoms with Crippen LogP contribution < -0.4 is 0 Å². The number of allylic oxidation sites excluding steroid dienone is 1. The summed E-state index contributed by atoms with van der Waals surface area (Å²) in [6.45, 7) is 10.6. The third kappa shape index (κ3) is 2.83. The van der Waals surface area contributed by atoms with Gasteiger partial charge in [0.1, 0.15) is 0 Å². The summed E-state index contributed by atoms with van der Waals surface area (Å²) in [6.07, 6.45) is 5.37. The molecule has 1 heterocycles. The molecular weight excluding hydrogens is 220 g/mol. The Balaban J connectivity index is 2.78. The lowest BCUT2D eigenvalue weighted by atomic mass is 9.80. The lowest BCUT2D eigenvalue weighted by Crippen LogP contribution is -2.40. The highest BCUT2D eigenvalue weighted by Crippen LogP contribution is 2.38. The van der Waals surface area contributed by atoms with Crippen molar-refractivity contribution >= 4 is 17.3 Å². The Labute approximate surface area is 104 Å². The summed E-state index contributed by atoms with van der Waals surface area (Å²) < 4.78 is 11.4. The maximum absolute atomic E-state index is 5.93. The van der Waals surface area contributed by atoms with Crippen molar-refractivity contribution < 1.29 is 9.47 Å². The van der Waals surface area contributed by atoms with E-state index in [2.05, 4.69) is 20.4 Å². The summed E-state index contributed by atoms with van der Waals surface area (Å²) in [5, 5.41) is 0.661. The Morgan fingerprint density at radius 2 is 2.31 bits per heavy atom. The van der Waals surface area contributed by atoms with E-state index in [4.69, 9.17) is 21.7 Å². The van der Waals surface area contributed by atoms with Crippen molar-refractivity contribution in [3.8, 4) is 0 Å². The Bertz CT molecular complexity index is 265. The van der Waals surface area contributed by atoms with Gasteiger partial charge in [0.05, 0.1) is 24.2 Å². The van der Waals surface area contributed by atoms with Crippen LogP contribution in [0.5, 0.6) is 0 Å². The molecule has 0 bridgehead atoms. The predicted molar refractivity (Wildman–Crippen MR) is 70.7 cm³/mol. The predicted octanol–water partition coefficient (Wildman–Crippen LogP) is 3.50. The molecule has 1 rings (SSSR count). The van der Waals surface area contributed by atoms with Crippen molar-refractivity contribution in [3.05, 3.63) is 12.7 Å². The summed E-state index contributed by atoms with van der Waals surface area (Å²) in [7, 11) is 0. The first kappa shape index (κ1) is 13.7. The fourth-order valence-electron chi connectivity index (χ4n) is 2.21. The Morgan fingerprint density at radius 1 is 1.62 bits per heavy atom. The first-order valence-electron chi connectivity index (χ1n) is 5.98. The number of hydrogen-bond acceptors (Lipinski definition) is 3. The van der Waals surface area contributed by atoms with Gasteiger partial charge in [-0.3, -0.25) is 0 Å². The highest BCUT2D eigenvalue weighted by molar-refractivity contribution is 7.80. The topological polar surface area (TPSA) is 18.5 Å². The largest absolute Gasteiger partial charge is 0.487 e. The van der Waals surface area contributed by atoms with Crippen LogP contribution in [0.3, 0.4) is 0 Å². The Morgan fingerprint density at radius 3 is 2.75 bits per heavy atom. The SMILES string of the molecule is C=CCC(C)(C(=S)OCC)C1CCC(C)O1. The standard InChI is InChI=1S/C13H22O2S/c1-5-9-13(4,12(16)14-6-2)11-8-7-10(3)15-11/h5,10-11H,1,6-9H2,2-4H3. The maximum Gasteiger partial charge on any atom is 0.168 e. The zero-order chi connectivity index (χ0) is 12.2. The second kappa shape index (κ2) is 5.78. The van der Waals surface area contributed by atoms with Crippen LogP contribution in [0.25, 0.3) is 0 Å². The third-order valence-electron chi connectivity index (χ3n) is 3.25. The van der Waals surface area contributed by atoms with Gasteiger partial charge >= 0.3 is 0 Å². The monoisotopic (exact) mass is 242 g/mol. The van der Waals surface area contributed by atoms with E-state index < -0.39 is 0 Å². The fourth-order valence-corrected chi connectivity index (χ4v) is 2.55. The molecule has 1 fully saturated rings. The van der Waals surface area contributed by atoms with E-state index in [1.807, 2.05) is 13.0 Å². The first-order valence-corrected chi connectivity index (χ1v) is 6.39. The van der Waals surface area contributed by atoms with E-state index in [0.29, 0.717) is 17.8 Å². The molecule has 3 atom stereocenters. The van der Waals surface area contributed by atoms with Gasteiger partial charge in [0.25, 0.3) is 0 Å². The summed E-state index contributed by atoms with van der Waals surface area (Å²) in [5.41, 5.74) is -0.210. The molecule has 3 heteroatoms. The van der Waals surface area contributed by atoms with Gasteiger partial charge in [-0.15, -0.1) is 6.58 Å². The van der Waals surface area contributed by atoms with Gasteiger partial charge in [0.2, 0.25) is 0 Å². The molecule has 1 aliphatic heterocycles. The van der Waals surface area contributed by atoms with Crippen LogP contribution in [0.1, 0.15) is 40.0 Å². The minimum absolute atomic E-state index is 0.166. The molecule has 1 aliphatic rings. The van der Waals surface area contributed by atoms with E-state index in [-0.39, 0.29) is 11.5 Å². The minimum atomic E-state index is -0.210. The zero-order valence-electron chi connectivity index (χ0n) is 10.5. The Kier molecular flexibility index (Phi) is 4.93. The fraction of sp³-hybridized carbons (Fsp3) is 0.769. The lowest BCUT2D eigenvalue weighted by molar-refractivity contribution is -0.00172. The summed E-state index contributed by atoms with van der Waals surface area (Å²) in [4.78, 5) is 0.